The van der Waals surface area contributed by atoms with Crippen molar-refractivity contribution in [2.24, 2.45) is 0 Å². The summed E-state index contributed by atoms with van der Waals surface area (Å²) >= 11 is 7.25. The highest BCUT2D eigenvalue weighted by atomic mass is 35.5. The van der Waals surface area contributed by atoms with Gasteiger partial charge in [-0.15, -0.1) is 5.10 Å². The minimum Gasteiger partial charge on any atom is -0.351 e. The molecule has 1 aromatic carbocycles. The molecule has 2 saturated carbocycles. The number of hydrogen-bond acceptors (Lipinski definition) is 5. The monoisotopic (exact) mass is 446 g/mol. The normalized spacial score (nSPS) is 18.8. The van der Waals surface area contributed by atoms with Crippen LogP contribution in [-0.4, -0.2) is 38.4 Å². The topological polar surface area (TPSA) is 75.2 Å². The Morgan fingerprint density at radius 1 is 1.03 bits per heavy atom. The summed E-state index contributed by atoms with van der Waals surface area (Å²) in [6.45, 7) is 0. The number of aromatic nitrogens is 2. The maximum Gasteiger partial charge on any atom is 0.276 e. The molecule has 30 heavy (non-hydrogen) atoms. The summed E-state index contributed by atoms with van der Waals surface area (Å²) in [6.07, 6.45) is 9.37. The summed E-state index contributed by atoms with van der Waals surface area (Å²) in [5.74, 6) is -0.345. The quantitative estimate of drug-likeness (QED) is 0.693. The second kappa shape index (κ2) is 9.88. The molecular formula is C22H27ClN4O2S. The van der Waals surface area contributed by atoms with Gasteiger partial charge in [-0.1, -0.05) is 60.3 Å². The fraction of sp³-hybridized carbons (Fsp3) is 0.545. The van der Waals surface area contributed by atoms with E-state index in [9.17, 15) is 9.59 Å². The van der Waals surface area contributed by atoms with E-state index in [0.717, 1.165) is 68.5 Å². The van der Waals surface area contributed by atoms with Crippen molar-refractivity contribution >= 4 is 34.9 Å². The molecule has 8 heteroatoms. The Balaban J connectivity index is 1.69. The minimum absolute atomic E-state index is 0.0111. The molecule has 160 valence electrons. The van der Waals surface area contributed by atoms with Crippen LogP contribution >= 0.6 is 23.1 Å². The van der Waals surface area contributed by atoms with Gasteiger partial charge in [0, 0.05) is 22.5 Å². The first-order valence-corrected chi connectivity index (χ1v) is 12.0. The van der Waals surface area contributed by atoms with Gasteiger partial charge in [0.05, 0.1) is 0 Å². The molecule has 1 atom stereocenters. The average molecular weight is 447 g/mol. The van der Waals surface area contributed by atoms with Gasteiger partial charge in [0.1, 0.15) is 6.04 Å². The fourth-order valence-corrected chi connectivity index (χ4v) is 5.23. The van der Waals surface area contributed by atoms with Crippen LogP contribution in [0.15, 0.2) is 29.6 Å². The first-order chi connectivity index (χ1) is 14.6. The first kappa shape index (κ1) is 21.2. The van der Waals surface area contributed by atoms with Gasteiger partial charge < -0.3 is 10.2 Å². The molecule has 0 bridgehead atoms. The molecule has 0 unspecified atom stereocenters. The number of benzene rings is 1. The summed E-state index contributed by atoms with van der Waals surface area (Å²) in [7, 11) is 0. The molecule has 4 rings (SSSR count). The van der Waals surface area contributed by atoms with Crippen LogP contribution in [0, 0.1) is 0 Å². The third kappa shape index (κ3) is 4.83. The van der Waals surface area contributed by atoms with Gasteiger partial charge in [-0.3, -0.25) is 9.59 Å². The number of carbonyl (C=O) groups is 2. The number of carbonyl (C=O) groups excluding carboxylic acids is 2. The number of amides is 2. The van der Waals surface area contributed by atoms with Gasteiger partial charge in [-0.25, -0.2) is 0 Å². The summed E-state index contributed by atoms with van der Waals surface area (Å²) < 4.78 is 3.86. The van der Waals surface area contributed by atoms with E-state index in [0.29, 0.717) is 10.7 Å². The first-order valence-electron chi connectivity index (χ1n) is 10.8. The van der Waals surface area contributed by atoms with Crippen molar-refractivity contribution in [3.05, 3.63) is 45.9 Å². The number of hydrogen-bond donors (Lipinski definition) is 1. The second-order valence-electron chi connectivity index (χ2n) is 8.24. The number of rotatable bonds is 6. The van der Waals surface area contributed by atoms with Gasteiger partial charge in [0.25, 0.3) is 5.91 Å². The molecule has 0 spiro atoms. The molecule has 2 fully saturated rings. The van der Waals surface area contributed by atoms with E-state index in [1.807, 2.05) is 12.1 Å². The van der Waals surface area contributed by atoms with Crippen LogP contribution < -0.4 is 5.32 Å². The molecule has 6 nitrogen and oxygen atoms in total. The van der Waals surface area contributed by atoms with Crippen LogP contribution in [0.1, 0.15) is 79.9 Å². The lowest BCUT2D eigenvalue weighted by molar-refractivity contribution is -0.127. The Morgan fingerprint density at radius 2 is 1.70 bits per heavy atom. The van der Waals surface area contributed by atoms with Crippen LogP contribution in [-0.2, 0) is 4.79 Å². The molecule has 1 heterocycles. The maximum atomic E-state index is 13.6. The van der Waals surface area contributed by atoms with E-state index < -0.39 is 6.04 Å². The second-order valence-corrected chi connectivity index (χ2v) is 9.28. The summed E-state index contributed by atoms with van der Waals surface area (Å²) in [4.78, 5) is 28.8. The Kier molecular flexibility index (Phi) is 7.00. The summed E-state index contributed by atoms with van der Waals surface area (Å²) in [6, 6.07) is 6.73. The molecule has 2 aliphatic carbocycles. The van der Waals surface area contributed by atoms with Crippen LogP contribution in [0.25, 0.3) is 0 Å². The Bertz CT molecular complexity index is 847. The molecule has 0 radical (unpaired) electrons. The highest BCUT2D eigenvalue weighted by Crippen LogP contribution is 2.34. The maximum absolute atomic E-state index is 13.6. The molecule has 2 aliphatic rings. The molecule has 0 aliphatic heterocycles. The van der Waals surface area contributed by atoms with Crippen molar-refractivity contribution in [1.82, 2.24) is 19.8 Å². The highest BCUT2D eigenvalue weighted by molar-refractivity contribution is 7.03. The molecule has 0 saturated heterocycles. The zero-order valence-corrected chi connectivity index (χ0v) is 18.5. The van der Waals surface area contributed by atoms with Crippen LogP contribution in [0.3, 0.4) is 0 Å². The van der Waals surface area contributed by atoms with E-state index in [1.54, 1.807) is 22.4 Å². The molecule has 1 aromatic heterocycles. The lowest BCUT2D eigenvalue weighted by Crippen LogP contribution is -2.50. The number of nitrogens with zero attached hydrogens (tertiary/aromatic N) is 3. The summed E-state index contributed by atoms with van der Waals surface area (Å²) in [5, 5.41) is 9.49. The van der Waals surface area contributed by atoms with Gasteiger partial charge in [0.15, 0.2) is 5.69 Å². The van der Waals surface area contributed by atoms with E-state index in [1.165, 1.54) is 6.42 Å². The van der Waals surface area contributed by atoms with E-state index in [-0.39, 0.29) is 23.9 Å². The predicted octanol–water partition coefficient (Wildman–Crippen LogP) is 4.77. The molecule has 1 N–H and O–H groups in total. The van der Waals surface area contributed by atoms with Crippen molar-refractivity contribution in [3.63, 3.8) is 0 Å². The van der Waals surface area contributed by atoms with Crippen molar-refractivity contribution in [2.75, 3.05) is 0 Å². The third-order valence-electron chi connectivity index (χ3n) is 6.20. The van der Waals surface area contributed by atoms with Crippen LogP contribution in [0.4, 0.5) is 0 Å². The van der Waals surface area contributed by atoms with E-state index in [2.05, 4.69) is 14.9 Å². The van der Waals surface area contributed by atoms with Crippen LogP contribution in [0.2, 0.25) is 5.02 Å². The summed E-state index contributed by atoms with van der Waals surface area (Å²) in [5.41, 5.74) is 1.08. The Hall–Kier alpha value is -1.99. The number of halogens is 1. The zero-order valence-electron chi connectivity index (χ0n) is 16.9. The van der Waals surface area contributed by atoms with Crippen molar-refractivity contribution in [1.29, 1.82) is 0 Å². The standard InChI is InChI=1S/C22H27ClN4O2S/c23-16-12-10-15(11-13-16)20(21(28)24-17-6-2-1-3-7-17)27(18-8-4-5-9-18)22(29)19-14-30-26-25-19/h10-14,17-18,20H,1-9H2,(H,24,28)/t20-/m1/s1. The third-order valence-corrected chi connectivity index (χ3v) is 6.95. The Morgan fingerprint density at radius 3 is 2.33 bits per heavy atom. The lowest BCUT2D eigenvalue weighted by atomic mass is 9.94. The lowest BCUT2D eigenvalue weighted by Gasteiger charge is -2.36. The Labute approximate surface area is 186 Å². The van der Waals surface area contributed by atoms with Gasteiger partial charge in [0.2, 0.25) is 5.91 Å². The molecular weight excluding hydrogens is 420 g/mol. The van der Waals surface area contributed by atoms with Gasteiger partial charge in [-0.2, -0.15) is 0 Å². The van der Waals surface area contributed by atoms with E-state index in [4.69, 9.17) is 11.6 Å². The van der Waals surface area contributed by atoms with E-state index >= 15 is 0 Å². The molecule has 2 aromatic rings. The average Bonchev–Trinajstić information content (AvgIpc) is 3.47. The largest absolute Gasteiger partial charge is 0.351 e. The SMILES string of the molecule is O=C(NC1CCCCC1)[C@@H](c1ccc(Cl)cc1)N(C(=O)c1csnn1)C1CCCC1. The smallest absolute Gasteiger partial charge is 0.276 e. The highest BCUT2D eigenvalue weighted by Gasteiger charge is 2.39. The van der Waals surface area contributed by atoms with Gasteiger partial charge >= 0.3 is 0 Å². The van der Waals surface area contributed by atoms with Crippen LogP contribution in [0.5, 0.6) is 0 Å². The van der Waals surface area contributed by atoms with Crippen molar-refractivity contribution in [2.45, 2.75) is 75.9 Å². The van der Waals surface area contributed by atoms with Crippen molar-refractivity contribution in [3.8, 4) is 0 Å². The minimum atomic E-state index is -0.707. The van der Waals surface area contributed by atoms with Crippen molar-refractivity contribution < 1.29 is 9.59 Å². The number of nitrogens with one attached hydrogen (secondary N) is 1. The predicted molar refractivity (Wildman–Crippen MR) is 118 cm³/mol. The fourth-order valence-electron chi connectivity index (χ4n) is 4.68. The van der Waals surface area contributed by atoms with Gasteiger partial charge in [-0.05, 0) is 54.9 Å². The zero-order chi connectivity index (χ0) is 20.9. The molecule has 2 amide bonds.